The molecule has 0 saturated carbocycles. The molecule has 5 nitrogen and oxygen atoms in total. The van der Waals surface area contributed by atoms with E-state index in [9.17, 15) is 18.3 Å². The molecule has 0 radical (unpaired) electrons. The second-order valence-electron chi connectivity index (χ2n) is 6.28. The summed E-state index contributed by atoms with van der Waals surface area (Å²) in [7, 11) is 0. The van der Waals surface area contributed by atoms with Crippen LogP contribution in [0.3, 0.4) is 0 Å². The van der Waals surface area contributed by atoms with Gasteiger partial charge in [0.2, 0.25) is 0 Å². The lowest BCUT2D eigenvalue weighted by atomic mass is 10.1. The number of furan rings is 1. The van der Waals surface area contributed by atoms with Gasteiger partial charge in [0.05, 0.1) is 30.2 Å². The van der Waals surface area contributed by atoms with E-state index in [-0.39, 0.29) is 12.1 Å². The molecular formula is C20H16F3N3O2. The zero-order valence-electron chi connectivity index (χ0n) is 14.5. The molecule has 2 N–H and O–H groups in total. The van der Waals surface area contributed by atoms with Gasteiger partial charge < -0.3 is 14.8 Å². The molecule has 0 amide bonds. The molecule has 4 rings (SSSR count). The Morgan fingerprint density at radius 3 is 2.57 bits per heavy atom. The molecule has 0 fully saturated rings. The number of nitrogens with zero attached hydrogens (tertiary/aromatic N) is 2. The van der Waals surface area contributed by atoms with E-state index in [0.717, 1.165) is 6.07 Å². The molecule has 0 aliphatic rings. The van der Waals surface area contributed by atoms with Crippen molar-refractivity contribution in [2.24, 2.45) is 0 Å². The molecule has 8 heteroatoms. The minimum atomic E-state index is -4.45. The maximum atomic E-state index is 13.3. The molecule has 2 aromatic heterocycles. The number of rotatable bonds is 5. The summed E-state index contributed by atoms with van der Waals surface area (Å²) in [5.41, 5.74) is 0.593. The van der Waals surface area contributed by atoms with Crippen LogP contribution >= 0.6 is 0 Å². The van der Waals surface area contributed by atoms with Crippen molar-refractivity contribution < 1.29 is 22.7 Å². The van der Waals surface area contributed by atoms with E-state index < -0.39 is 18.0 Å². The fourth-order valence-electron chi connectivity index (χ4n) is 3.09. The second-order valence-corrected chi connectivity index (χ2v) is 6.28. The quantitative estimate of drug-likeness (QED) is 0.483. The van der Waals surface area contributed by atoms with Gasteiger partial charge in [-0.2, -0.15) is 18.3 Å². The van der Waals surface area contributed by atoms with Gasteiger partial charge in [0.15, 0.2) is 12.0 Å². The largest absolute Gasteiger partial charge is 0.472 e. The summed E-state index contributed by atoms with van der Waals surface area (Å²) in [6.45, 7) is -0.0559. The zero-order valence-corrected chi connectivity index (χ0v) is 14.5. The number of hydrogen-bond acceptors (Lipinski definition) is 4. The van der Waals surface area contributed by atoms with Gasteiger partial charge in [-0.25, -0.2) is 0 Å². The number of aliphatic hydroxyl groups is 1. The number of halogens is 3. The number of aromatic nitrogens is 2. The Bertz CT molecular complexity index is 1090. The summed E-state index contributed by atoms with van der Waals surface area (Å²) in [6.07, 6.45) is -2.67. The predicted octanol–water partition coefficient (Wildman–Crippen LogP) is 4.80. The van der Waals surface area contributed by atoms with Crippen molar-refractivity contribution in [1.29, 1.82) is 0 Å². The number of nitrogens with one attached hydrogen (secondary N) is 1. The van der Waals surface area contributed by atoms with Crippen LogP contribution in [0.1, 0.15) is 22.9 Å². The summed E-state index contributed by atoms with van der Waals surface area (Å²) < 4.78 is 46.4. The van der Waals surface area contributed by atoms with Crippen molar-refractivity contribution in [2.75, 3.05) is 5.32 Å². The van der Waals surface area contributed by atoms with Gasteiger partial charge in [0.1, 0.15) is 0 Å². The van der Waals surface area contributed by atoms with E-state index >= 15 is 0 Å². The SMILES string of the molecule is OC(Nc1nn(Cc2ccccc2C(F)(F)F)c2ccccc12)c1ccoc1. The predicted molar refractivity (Wildman–Crippen MR) is 97.6 cm³/mol. The van der Waals surface area contributed by atoms with Crippen LogP contribution in [0.15, 0.2) is 71.5 Å². The van der Waals surface area contributed by atoms with E-state index in [4.69, 9.17) is 4.42 Å². The van der Waals surface area contributed by atoms with Crippen LogP contribution < -0.4 is 5.32 Å². The monoisotopic (exact) mass is 387 g/mol. The van der Waals surface area contributed by atoms with Crippen molar-refractivity contribution in [1.82, 2.24) is 9.78 Å². The average molecular weight is 387 g/mol. The van der Waals surface area contributed by atoms with E-state index in [1.165, 1.54) is 29.3 Å². The Balaban J connectivity index is 1.71. The molecule has 0 saturated heterocycles. The number of benzene rings is 2. The van der Waals surface area contributed by atoms with E-state index in [1.54, 1.807) is 36.4 Å². The first-order valence-electron chi connectivity index (χ1n) is 8.51. The molecule has 0 spiro atoms. The van der Waals surface area contributed by atoms with Crippen LogP contribution in [0.5, 0.6) is 0 Å². The number of anilines is 1. The van der Waals surface area contributed by atoms with Gasteiger partial charge in [-0.1, -0.05) is 30.3 Å². The Morgan fingerprint density at radius 1 is 1.07 bits per heavy atom. The van der Waals surface area contributed by atoms with Gasteiger partial charge in [-0.05, 0) is 29.8 Å². The molecule has 4 aromatic rings. The standard InChI is InChI=1S/C20H16F3N3O2/c21-20(22,23)16-7-3-1-5-13(16)11-26-17-8-4-2-6-15(17)18(25-26)24-19(27)14-9-10-28-12-14/h1-10,12,19,27H,11H2,(H,24,25). The van der Waals surface area contributed by atoms with Crippen LogP contribution in [0.4, 0.5) is 19.0 Å². The molecule has 0 bridgehead atoms. The molecule has 0 aliphatic heterocycles. The maximum absolute atomic E-state index is 13.3. The van der Waals surface area contributed by atoms with Crippen LogP contribution in [0.25, 0.3) is 10.9 Å². The third kappa shape index (κ3) is 3.46. The highest BCUT2D eigenvalue weighted by Gasteiger charge is 2.33. The number of alkyl halides is 3. The third-order valence-electron chi connectivity index (χ3n) is 4.43. The molecule has 1 unspecified atom stereocenters. The first-order chi connectivity index (χ1) is 13.4. The lowest BCUT2D eigenvalue weighted by Gasteiger charge is -2.13. The van der Waals surface area contributed by atoms with Crippen LogP contribution in [0, 0.1) is 0 Å². The molecule has 2 aromatic carbocycles. The lowest BCUT2D eigenvalue weighted by Crippen LogP contribution is -2.13. The fourth-order valence-corrected chi connectivity index (χ4v) is 3.09. The van der Waals surface area contributed by atoms with Crippen LogP contribution in [-0.4, -0.2) is 14.9 Å². The van der Waals surface area contributed by atoms with Crippen LogP contribution in [-0.2, 0) is 12.7 Å². The second kappa shape index (κ2) is 7.05. The Morgan fingerprint density at radius 2 is 1.82 bits per heavy atom. The minimum Gasteiger partial charge on any atom is -0.472 e. The molecule has 0 aliphatic carbocycles. The van der Waals surface area contributed by atoms with Crippen LogP contribution in [0.2, 0.25) is 0 Å². The summed E-state index contributed by atoms with van der Waals surface area (Å²) in [4.78, 5) is 0. The molecule has 144 valence electrons. The van der Waals surface area contributed by atoms with Crippen molar-refractivity contribution in [2.45, 2.75) is 18.9 Å². The number of para-hydroxylation sites is 1. The maximum Gasteiger partial charge on any atom is 0.416 e. The topological polar surface area (TPSA) is 63.2 Å². The van der Waals surface area contributed by atoms with E-state index in [0.29, 0.717) is 22.3 Å². The first-order valence-corrected chi connectivity index (χ1v) is 8.51. The highest BCUT2D eigenvalue weighted by Crippen LogP contribution is 2.33. The smallest absolute Gasteiger partial charge is 0.416 e. The van der Waals surface area contributed by atoms with Gasteiger partial charge in [-0.15, -0.1) is 0 Å². The van der Waals surface area contributed by atoms with Gasteiger partial charge >= 0.3 is 6.18 Å². The van der Waals surface area contributed by atoms with Gasteiger partial charge in [-0.3, -0.25) is 4.68 Å². The zero-order chi connectivity index (χ0) is 19.7. The Labute approximate surface area is 158 Å². The lowest BCUT2D eigenvalue weighted by molar-refractivity contribution is -0.138. The summed E-state index contributed by atoms with van der Waals surface area (Å²) in [5, 5.41) is 18.3. The van der Waals surface area contributed by atoms with Crippen molar-refractivity contribution in [3.63, 3.8) is 0 Å². The summed E-state index contributed by atoms with van der Waals surface area (Å²) in [6, 6.07) is 14.2. The number of aliphatic hydroxyl groups excluding tert-OH is 1. The van der Waals surface area contributed by atoms with E-state index in [2.05, 4.69) is 10.4 Å². The third-order valence-corrected chi connectivity index (χ3v) is 4.43. The van der Waals surface area contributed by atoms with E-state index in [1.807, 2.05) is 0 Å². The summed E-state index contributed by atoms with van der Waals surface area (Å²) >= 11 is 0. The number of hydrogen-bond donors (Lipinski definition) is 2. The highest BCUT2D eigenvalue weighted by atomic mass is 19.4. The van der Waals surface area contributed by atoms with Crippen molar-refractivity contribution >= 4 is 16.7 Å². The van der Waals surface area contributed by atoms with Gasteiger partial charge in [0.25, 0.3) is 0 Å². The Hall–Kier alpha value is -3.26. The van der Waals surface area contributed by atoms with Gasteiger partial charge in [0, 0.05) is 10.9 Å². The molecule has 1 atom stereocenters. The average Bonchev–Trinajstić information content (AvgIpc) is 3.31. The normalized spacial score (nSPS) is 13.0. The molecular weight excluding hydrogens is 371 g/mol. The highest BCUT2D eigenvalue weighted by molar-refractivity contribution is 5.90. The Kier molecular flexibility index (Phi) is 4.56. The van der Waals surface area contributed by atoms with Crippen molar-refractivity contribution in [3.8, 4) is 0 Å². The molecule has 2 heterocycles. The first kappa shape index (κ1) is 18.1. The minimum absolute atomic E-state index is 0.0559. The molecule has 28 heavy (non-hydrogen) atoms. The summed E-state index contributed by atoms with van der Waals surface area (Å²) in [5.74, 6) is 0.369. The number of fused-ring (bicyclic) bond motifs is 1. The van der Waals surface area contributed by atoms with Crippen molar-refractivity contribution in [3.05, 3.63) is 83.8 Å². The fraction of sp³-hybridized carbons (Fsp3) is 0.150.